The first-order valence-electron chi connectivity index (χ1n) is 9.56. The van der Waals surface area contributed by atoms with E-state index in [2.05, 4.69) is 16.2 Å². The molecule has 1 unspecified atom stereocenters. The van der Waals surface area contributed by atoms with E-state index in [0.717, 1.165) is 21.7 Å². The molecule has 0 radical (unpaired) electrons. The summed E-state index contributed by atoms with van der Waals surface area (Å²) in [5.74, 6) is 0. The highest BCUT2D eigenvalue weighted by atomic mass is 35.5. The van der Waals surface area contributed by atoms with Crippen LogP contribution in [0.4, 0.5) is 4.79 Å². The van der Waals surface area contributed by atoms with Gasteiger partial charge in [-0.1, -0.05) is 11.6 Å². The van der Waals surface area contributed by atoms with Crippen molar-refractivity contribution in [3.8, 4) is 17.5 Å². The Morgan fingerprint density at radius 3 is 2.87 bits per heavy atom. The minimum absolute atomic E-state index is 0.0390. The number of halogens is 1. The van der Waals surface area contributed by atoms with Gasteiger partial charge in [-0.3, -0.25) is 0 Å². The van der Waals surface area contributed by atoms with Crippen LogP contribution in [0.3, 0.4) is 0 Å². The largest absolute Gasteiger partial charge is 0.391 e. The van der Waals surface area contributed by atoms with Crippen LogP contribution >= 0.6 is 11.6 Å². The summed E-state index contributed by atoms with van der Waals surface area (Å²) < 4.78 is 1.83. The fourth-order valence-corrected chi connectivity index (χ4v) is 3.37. The Labute approximate surface area is 184 Å². The van der Waals surface area contributed by atoms with Crippen LogP contribution in [0.2, 0.25) is 5.02 Å². The molecule has 31 heavy (non-hydrogen) atoms. The molecule has 0 aliphatic rings. The number of aromatic nitrogens is 3. The molecule has 9 nitrogen and oxygen atoms in total. The number of hydrogen-bond acceptors (Lipinski definition) is 6. The molecular weight excluding hydrogens is 418 g/mol. The van der Waals surface area contributed by atoms with Crippen molar-refractivity contribution in [1.29, 1.82) is 5.26 Å². The SMILES string of the molecule is CC(O)CN(/N=C/c1cc(-c2cncn2C)nc2cc(Cl)c(CCC#N)cc12)C(N)=O. The maximum atomic E-state index is 11.7. The molecule has 0 saturated heterocycles. The lowest BCUT2D eigenvalue weighted by Gasteiger charge is -2.16. The van der Waals surface area contributed by atoms with Crippen LogP contribution in [0.5, 0.6) is 0 Å². The summed E-state index contributed by atoms with van der Waals surface area (Å²) in [5.41, 5.74) is 8.94. The van der Waals surface area contributed by atoms with Crippen LogP contribution in [0, 0.1) is 11.3 Å². The van der Waals surface area contributed by atoms with E-state index in [1.807, 2.05) is 23.7 Å². The molecule has 0 aliphatic carbocycles. The number of rotatable bonds is 7. The maximum Gasteiger partial charge on any atom is 0.335 e. The average Bonchev–Trinajstić information content (AvgIpc) is 3.14. The Morgan fingerprint density at radius 2 is 2.26 bits per heavy atom. The third-order valence-corrected chi connectivity index (χ3v) is 4.97. The number of benzene rings is 1. The number of nitrogens with zero attached hydrogens (tertiary/aromatic N) is 6. The quantitative estimate of drug-likeness (QED) is 0.431. The van der Waals surface area contributed by atoms with Crippen molar-refractivity contribution < 1.29 is 9.90 Å². The van der Waals surface area contributed by atoms with E-state index in [0.29, 0.717) is 34.6 Å². The molecule has 2 heterocycles. The molecular formula is C21H22ClN7O2. The van der Waals surface area contributed by atoms with Crippen LogP contribution in [-0.2, 0) is 13.5 Å². The number of aliphatic hydroxyl groups is 1. The molecule has 3 rings (SSSR count). The Kier molecular flexibility index (Phi) is 6.84. The molecule has 0 bridgehead atoms. The van der Waals surface area contributed by atoms with Crippen molar-refractivity contribution in [1.82, 2.24) is 19.5 Å². The number of nitrogens with two attached hydrogens (primary N) is 1. The Bertz CT molecular complexity index is 1180. The number of fused-ring (bicyclic) bond motifs is 1. The van der Waals surface area contributed by atoms with Gasteiger partial charge in [-0.15, -0.1) is 0 Å². The monoisotopic (exact) mass is 439 g/mol. The van der Waals surface area contributed by atoms with Crippen molar-refractivity contribution in [3.05, 3.63) is 46.9 Å². The molecule has 0 spiro atoms. The Balaban J connectivity index is 2.17. The summed E-state index contributed by atoms with van der Waals surface area (Å²) in [6.07, 6.45) is 4.91. The van der Waals surface area contributed by atoms with Gasteiger partial charge in [-0.2, -0.15) is 10.4 Å². The van der Waals surface area contributed by atoms with Crippen molar-refractivity contribution >= 4 is 34.7 Å². The fourth-order valence-electron chi connectivity index (χ4n) is 3.12. The van der Waals surface area contributed by atoms with Crippen molar-refractivity contribution in [2.45, 2.75) is 25.9 Å². The maximum absolute atomic E-state index is 11.7. The highest BCUT2D eigenvalue weighted by Gasteiger charge is 2.14. The third-order valence-electron chi connectivity index (χ3n) is 4.62. The van der Waals surface area contributed by atoms with Gasteiger partial charge in [-0.05, 0) is 37.1 Å². The number of urea groups is 1. The molecule has 10 heteroatoms. The first-order valence-corrected chi connectivity index (χ1v) is 9.93. The van der Waals surface area contributed by atoms with Crippen LogP contribution in [0.25, 0.3) is 22.3 Å². The third kappa shape index (κ3) is 5.17. The summed E-state index contributed by atoms with van der Waals surface area (Å²) in [5, 5.41) is 25.0. The average molecular weight is 440 g/mol. The molecule has 2 amide bonds. The number of nitriles is 1. The normalized spacial score (nSPS) is 12.2. The van der Waals surface area contributed by atoms with E-state index in [1.165, 1.54) is 13.1 Å². The van der Waals surface area contributed by atoms with Gasteiger partial charge in [0.1, 0.15) is 0 Å². The molecule has 2 aromatic heterocycles. The minimum atomic E-state index is -0.791. The molecule has 3 aromatic rings. The summed E-state index contributed by atoms with van der Waals surface area (Å²) in [7, 11) is 1.86. The number of carbonyl (C=O) groups is 1. The van der Waals surface area contributed by atoms with Gasteiger partial charge in [0.15, 0.2) is 0 Å². The number of imidazole rings is 1. The van der Waals surface area contributed by atoms with Gasteiger partial charge in [0, 0.05) is 29.4 Å². The lowest BCUT2D eigenvalue weighted by Crippen LogP contribution is -2.36. The summed E-state index contributed by atoms with van der Waals surface area (Å²) in [6.45, 7) is 1.50. The number of amides is 2. The first kappa shape index (κ1) is 22.2. The lowest BCUT2D eigenvalue weighted by atomic mass is 10.0. The number of aliphatic hydroxyl groups excluding tert-OH is 1. The van der Waals surface area contributed by atoms with E-state index in [4.69, 9.17) is 27.6 Å². The summed E-state index contributed by atoms with van der Waals surface area (Å²) in [6, 6.07) is 6.79. The molecule has 0 fully saturated rings. The van der Waals surface area contributed by atoms with Crippen molar-refractivity contribution in [2.75, 3.05) is 6.54 Å². The number of pyridine rings is 1. The zero-order valence-corrected chi connectivity index (χ0v) is 17.9. The van der Waals surface area contributed by atoms with Crippen LogP contribution in [0.15, 0.2) is 35.8 Å². The van der Waals surface area contributed by atoms with E-state index >= 15 is 0 Å². The van der Waals surface area contributed by atoms with Crippen LogP contribution in [0.1, 0.15) is 24.5 Å². The lowest BCUT2D eigenvalue weighted by molar-refractivity contribution is 0.139. The molecule has 3 N–H and O–H groups in total. The number of aryl methyl sites for hydroxylation is 2. The smallest absolute Gasteiger partial charge is 0.335 e. The molecule has 0 saturated carbocycles. The van der Waals surface area contributed by atoms with E-state index < -0.39 is 12.1 Å². The van der Waals surface area contributed by atoms with Gasteiger partial charge >= 0.3 is 6.03 Å². The van der Waals surface area contributed by atoms with Gasteiger partial charge in [0.25, 0.3) is 0 Å². The second kappa shape index (κ2) is 9.55. The number of carbonyl (C=O) groups excluding carboxylic acids is 1. The predicted molar refractivity (Wildman–Crippen MR) is 118 cm³/mol. The van der Waals surface area contributed by atoms with Gasteiger partial charge in [0.05, 0.1) is 54.4 Å². The second-order valence-electron chi connectivity index (χ2n) is 7.12. The zero-order chi connectivity index (χ0) is 22.5. The topological polar surface area (TPSA) is 133 Å². The van der Waals surface area contributed by atoms with Gasteiger partial charge in [-0.25, -0.2) is 19.8 Å². The van der Waals surface area contributed by atoms with Crippen LogP contribution < -0.4 is 5.73 Å². The zero-order valence-electron chi connectivity index (χ0n) is 17.2. The Hall–Kier alpha value is -3.48. The Morgan fingerprint density at radius 1 is 1.48 bits per heavy atom. The highest BCUT2D eigenvalue weighted by molar-refractivity contribution is 6.32. The summed E-state index contributed by atoms with van der Waals surface area (Å²) >= 11 is 6.43. The van der Waals surface area contributed by atoms with E-state index in [-0.39, 0.29) is 6.54 Å². The molecule has 1 aromatic carbocycles. The number of hydrazone groups is 1. The molecule has 160 valence electrons. The number of primary amides is 1. The first-order chi connectivity index (χ1) is 14.8. The van der Waals surface area contributed by atoms with E-state index in [9.17, 15) is 9.90 Å². The van der Waals surface area contributed by atoms with Crippen molar-refractivity contribution in [3.63, 3.8) is 0 Å². The highest BCUT2D eigenvalue weighted by Crippen LogP contribution is 2.29. The summed E-state index contributed by atoms with van der Waals surface area (Å²) in [4.78, 5) is 20.5. The van der Waals surface area contributed by atoms with Gasteiger partial charge < -0.3 is 15.4 Å². The van der Waals surface area contributed by atoms with Crippen molar-refractivity contribution in [2.24, 2.45) is 17.9 Å². The van der Waals surface area contributed by atoms with E-state index in [1.54, 1.807) is 18.6 Å². The molecule has 1 atom stereocenters. The van der Waals surface area contributed by atoms with Crippen LogP contribution in [-0.4, -0.2) is 49.5 Å². The standard InChI is InChI=1S/C21H22ClN7O2/c1-13(30)11-29(21(24)31)26-9-15-7-19(20-10-25-12-28(20)2)27-18-8-17(22)14(4-3-5-23)6-16(15)18/h6-10,12-13,30H,3-4,11H2,1-2H3,(H2,24,31)/b26-9+. The van der Waals surface area contributed by atoms with Gasteiger partial charge in [0.2, 0.25) is 0 Å². The predicted octanol–water partition coefficient (Wildman–Crippen LogP) is 2.84. The molecule has 0 aliphatic heterocycles. The fraction of sp³-hybridized carbons (Fsp3) is 0.286. The second-order valence-corrected chi connectivity index (χ2v) is 7.53. The minimum Gasteiger partial charge on any atom is -0.391 e. The number of hydrogen-bond donors (Lipinski definition) is 2.